The molecule has 7 heteroatoms. The fourth-order valence-corrected chi connectivity index (χ4v) is 6.61. The predicted molar refractivity (Wildman–Crippen MR) is 99.2 cm³/mol. The largest absolute Gasteiger partial charge is 0.319 e. The van der Waals surface area contributed by atoms with Crippen LogP contribution in [-0.2, 0) is 10.0 Å². The van der Waals surface area contributed by atoms with Crippen molar-refractivity contribution in [3.8, 4) is 0 Å². The SMILES string of the molecule is CNCC1CCCN(S(=O)(=O)c2c(C)sc3ccccc23)C1.Cl. The van der Waals surface area contributed by atoms with E-state index >= 15 is 0 Å². The van der Waals surface area contributed by atoms with Gasteiger partial charge in [-0.05, 0) is 45.3 Å². The molecule has 1 aromatic heterocycles. The standard InChI is InChI=1S/C16H22N2O2S2.ClH/c1-12-16(14-7-3-4-8-15(14)21-12)22(19,20)18-9-5-6-13(11-18)10-17-2;/h3-4,7-8,13,17H,5-6,9-11H2,1-2H3;1H. The van der Waals surface area contributed by atoms with E-state index in [9.17, 15) is 8.42 Å². The fraction of sp³-hybridized carbons (Fsp3) is 0.500. The summed E-state index contributed by atoms with van der Waals surface area (Å²) in [5, 5.41) is 4.03. The van der Waals surface area contributed by atoms with Gasteiger partial charge in [-0.2, -0.15) is 4.31 Å². The Morgan fingerprint density at radius 1 is 1.35 bits per heavy atom. The van der Waals surface area contributed by atoms with Crippen molar-refractivity contribution < 1.29 is 8.42 Å². The molecular weight excluding hydrogens is 352 g/mol. The summed E-state index contributed by atoms with van der Waals surface area (Å²) in [5.74, 6) is 0.402. The molecule has 2 aromatic rings. The second kappa shape index (κ2) is 7.49. The zero-order valence-electron chi connectivity index (χ0n) is 13.4. The molecule has 3 rings (SSSR count). The Bertz CT molecular complexity index is 771. The van der Waals surface area contributed by atoms with Gasteiger partial charge in [0.1, 0.15) is 4.90 Å². The van der Waals surface area contributed by atoms with Crippen LogP contribution in [0, 0.1) is 12.8 Å². The number of thiophene rings is 1. The van der Waals surface area contributed by atoms with Gasteiger partial charge in [-0.3, -0.25) is 0 Å². The molecule has 1 aromatic carbocycles. The van der Waals surface area contributed by atoms with Crippen molar-refractivity contribution in [2.75, 3.05) is 26.7 Å². The van der Waals surface area contributed by atoms with E-state index in [0.717, 1.165) is 34.3 Å². The van der Waals surface area contributed by atoms with Crippen LogP contribution in [0.25, 0.3) is 10.1 Å². The van der Waals surface area contributed by atoms with Gasteiger partial charge in [-0.15, -0.1) is 23.7 Å². The quantitative estimate of drug-likeness (QED) is 0.893. The average Bonchev–Trinajstić information content (AvgIpc) is 2.84. The molecule has 1 unspecified atom stereocenters. The zero-order chi connectivity index (χ0) is 15.7. The smallest absolute Gasteiger partial charge is 0.244 e. The summed E-state index contributed by atoms with van der Waals surface area (Å²) in [6, 6.07) is 7.78. The van der Waals surface area contributed by atoms with E-state index in [1.165, 1.54) is 0 Å². The molecule has 0 aliphatic carbocycles. The monoisotopic (exact) mass is 374 g/mol. The van der Waals surface area contributed by atoms with Crippen LogP contribution in [0.1, 0.15) is 17.7 Å². The molecule has 1 fully saturated rings. The number of nitrogens with zero attached hydrogens (tertiary/aromatic N) is 1. The predicted octanol–water partition coefficient (Wildman–Crippen LogP) is 3.25. The number of hydrogen-bond donors (Lipinski definition) is 1. The summed E-state index contributed by atoms with van der Waals surface area (Å²) in [7, 11) is -1.49. The molecule has 1 N–H and O–H groups in total. The van der Waals surface area contributed by atoms with Crippen molar-refractivity contribution in [1.82, 2.24) is 9.62 Å². The molecule has 23 heavy (non-hydrogen) atoms. The minimum absolute atomic E-state index is 0. The molecule has 1 atom stereocenters. The molecule has 1 aliphatic heterocycles. The Balaban J connectivity index is 0.00000192. The van der Waals surface area contributed by atoms with Gasteiger partial charge < -0.3 is 5.32 Å². The Kier molecular flexibility index (Phi) is 6.08. The maximum atomic E-state index is 13.1. The average molecular weight is 375 g/mol. The maximum absolute atomic E-state index is 13.1. The highest BCUT2D eigenvalue weighted by Crippen LogP contribution is 2.36. The number of piperidine rings is 1. The van der Waals surface area contributed by atoms with Crippen LogP contribution in [0.15, 0.2) is 29.2 Å². The van der Waals surface area contributed by atoms with E-state index in [-0.39, 0.29) is 12.4 Å². The van der Waals surface area contributed by atoms with Crippen LogP contribution in [0.2, 0.25) is 0 Å². The summed E-state index contributed by atoms with van der Waals surface area (Å²) < 4.78 is 29.0. The molecule has 0 amide bonds. The van der Waals surface area contributed by atoms with Gasteiger partial charge in [0, 0.05) is 28.1 Å². The highest BCUT2D eigenvalue weighted by atomic mass is 35.5. The third kappa shape index (κ3) is 3.56. The molecule has 1 saturated heterocycles. The maximum Gasteiger partial charge on any atom is 0.244 e. The van der Waals surface area contributed by atoms with Crippen LogP contribution in [0.4, 0.5) is 0 Å². The number of nitrogens with one attached hydrogen (secondary N) is 1. The second-order valence-electron chi connectivity index (χ2n) is 5.91. The number of fused-ring (bicyclic) bond motifs is 1. The van der Waals surface area contributed by atoms with Crippen molar-refractivity contribution in [3.63, 3.8) is 0 Å². The van der Waals surface area contributed by atoms with E-state index in [2.05, 4.69) is 5.32 Å². The number of halogens is 1. The van der Waals surface area contributed by atoms with Gasteiger partial charge in [0.15, 0.2) is 0 Å². The fourth-order valence-electron chi connectivity index (χ4n) is 3.29. The highest BCUT2D eigenvalue weighted by Gasteiger charge is 2.33. The zero-order valence-corrected chi connectivity index (χ0v) is 15.9. The lowest BCUT2D eigenvalue weighted by Crippen LogP contribution is -2.42. The summed E-state index contributed by atoms with van der Waals surface area (Å²) >= 11 is 1.56. The molecule has 128 valence electrons. The van der Waals surface area contributed by atoms with Gasteiger partial charge in [0.2, 0.25) is 10.0 Å². The lowest BCUT2D eigenvalue weighted by molar-refractivity contribution is 0.263. The molecular formula is C16H23ClN2O2S2. The Morgan fingerprint density at radius 3 is 2.83 bits per heavy atom. The molecule has 0 radical (unpaired) electrons. The molecule has 1 aliphatic rings. The van der Waals surface area contributed by atoms with E-state index in [0.29, 0.717) is 23.9 Å². The number of hydrogen-bond acceptors (Lipinski definition) is 4. The number of benzene rings is 1. The third-order valence-corrected chi connectivity index (χ3v) is 7.56. The number of rotatable bonds is 4. The molecule has 0 saturated carbocycles. The second-order valence-corrected chi connectivity index (χ2v) is 9.04. The van der Waals surface area contributed by atoms with E-state index < -0.39 is 10.0 Å². The summed E-state index contributed by atoms with van der Waals surface area (Å²) in [4.78, 5) is 1.40. The highest BCUT2D eigenvalue weighted by molar-refractivity contribution is 7.89. The molecule has 0 spiro atoms. The molecule has 4 nitrogen and oxygen atoms in total. The first-order valence-corrected chi connectivity index (χ1v) is 9.92. The molecule has 0 bridgehead atoms. The van der Waals surface area contributed by atoms with Gasteiger partial charge in [-0.1, -0.05) is 18.2 Å². The van der Waals surface area contributed by atoms with Gasteiger partial charge in [-0.25, -0.2) is 8.42 Å². The van der Waals surface area contributed by atoms with E-state index in [1.807, 2.05) is 38.2 Å². The normalized spacial score (nSPS) is 19.7. The van der Waals surface area contributed by atoms with E-state index in [4.69, 9.17) is 0 Å². The van der Waals surface area contributed by atoms with Gasteiger partial charge in [0.05, 0.1) is 0 Å². The van der Waals surface area contributed by atoms with Crippen molar-refractivity contribution in [1.29, 1.82) is 0 Å². The topological polar surface area (TPSA) is 49.4 Å². The Labute approximate surface area is 148 Å². The summed E-state index contributed by atoms with van der Waals surface area (Å²) in [6.07, 6.45) is 2.03. The molecule has 2 heterocycles. The lowest BCUT2D eigenvalue weighted by Gasteiger charge is -2.32. The van der Waals surface area contributed by atoms with Crippen LogP contribution in [-0.4, -0.2) is 39.4 Å². The lowest BCUT2D eigenvalue weighted by atomic mass is 10.00. The minimum atomic E-state index is -3.41. The van der Waals surface area contributed by atoms with Gasteiger partial charge >= 0.3 is 0 Å². The minimum Gasteiger partial charge on any atom is -0.319 e. The van der Waals surface area contributed by atoms with Crippen LogP contribution < -0.4 is 5.32 Å². The van der Waals surface area contributed by atoms with Crippen LogP contribution in [0.5, 0.6) is 0 Å². The van der Waals surface area contributed by atoms with Crippen molar-refractivity contribution in [3.05, 3.63) is 29.1 Å². The van der Waals surface area contributed by atoms with Gasteiger partial charge in [0.25, 0.3) is 0 Å². The summed E-state index contributed by atoms with van der Waals surface area (Å²) in [5.41, 5.74) is 0. The Morgan fingerprint density at radius 2 is 2.09 bits per heavy atom. The Hall–Kier alpha value is -0.660. The van der Waals surface area contributed by atoms with Crippen molar-refractivity contribution in [2.45, 2.75) is 24.7 Å². The third-order valence-electron chi connectivity index (χ3n) is 4.29. The first kappa shape index (κ1) is 18.7. The van der Waals surface area contributed by atoms with Crippen LogP contribution in [0.3, 0.4) is 0 Å². The first-order chi connectivity index (χ1) is 10.5. The van der Waals surface area contributed by atoms with Crippen LogP contribution >= 0.6 is 23.7 Å². The first-order valence-electron chi connectivity index (χ1n) is 7.67. The summed E-state index contributed by atoms with van der Waals surface area (Å²) in [6.45, 7) is 4.03. The number of sulfonamides is 1. The van der Waals surface area contributed by atoms with Crippen molar-refractivity contribution in [2.24, 2.45) is 5.92 Å². The van der Waals surface area contributed by atoms with Crippen molar-refractivity contribution >= 4 is 43.9 Å². The number of aryl methyl sites for hydroxylation is 1. The van der Waals surface area contributed by atoms with E-state index in [1.54, 1.807) is 15.6 Å².